The minimum Gasteiger partial charge on any atom is -0.465 e. The Balaban J connectivity index is 3.12. The molecule has 0 bridgehead atoms. The van der Waals surface area contributed by atoms with Gasteiger partial charge in [0, 0.05) is 0 Å². The van der Waals surface area contributed by atoms with Gasteiger partial charge in [-0.3, -0.25) is 0 Å². The number of carbonyl (C=O) groups excluding carboxylic acids is 1. The van der Waals surface area contributed by atoms with E-state index in [2.05, 4.69) is 4.74 Å². The van der Waals surface area contributed by atoms with Crippen LogP contribution >= 0.6 is 22.9 Å². The van der Waals surface area contributed by atoms with Crippen LogP contribution in [0.1, 0.15) is 14.5 Å². The number of rotatable bonds is 1. The lowest BCUT2D eigenvalue weighted by atomic mass is 10.4. The summed E-state index contributed by atoms with van der Waals surface area (Å²) in [5, 5.41) is -0.483. The van der Waals surface area contributed by atoms with Crippen molar-refractivity contribution in [1.29, 1.82) is 0 Å². The highest BCUT2D eigenvalue weighted by molar-refractivity contribution is 7.14. The number of halogens is 4. The maximum Gasteiger partial charge on any atom is 0.427 e. The number of esters is 1. The highest BCUT2D eigenvalue weighted by Gasteiger charge is 2.36. The molecule has 1 aromatic heterocycles. The first kappa shape index (κ1) is 11.3. The molecule has 0 aromatic carbocycles. The van der Waals surface area contributed by atoms with E-state index in [0.717, 1.165) is 13.2 Å². The van der Waals surface area contributed by atoms with Crippen molar-refractivity contribution in [3.63, 3.8) is 0 Å². The van der Waals surface area contributed by atoms with Crippen molar-refractivity contribution in [2.24, 2.45) is 0 Å². The highest BCUT2D eigenvalue weighted by atomic mass is 35.5. The second-order valence-electron chi connectivity index (χ2n) is 2.28. The molecule has 0 unspecified atom stereocenters. The van der Waals surface area contributed by atoms with Gasteiger partial charge >= 0.3 is 12.1 Å². The van der Waals surface area contributed by atoms with Crippen molar-refractivity contribution in [1.82, 2.24) is 0 Å². The van der Waals surface area contributed by atoms with E-state index in [-0.39, 0.29) is 16.2 Å². The first-order chi connectivity index (χ1) is 6.36. The minimum absolute atomic E-state index is 0.162. The molecular formula is C7H4ClF3O2S. The molecule has 78 valence electrons. The number of alkyl halides is 3. The third kappa shape index (κ3) is 2.19. The SMILES string of the molecule is COC(=O)c1cc(Cl)c(C(F)(F)F)s1. The normalized spacial score (nSPS) is 11.5. The summed E-state index contributed by atoms with van der Waals surface area (Å²) in [6, 6.07) is 0.945. The molecule has 0 amide bonds. The first-order valence-corrected chi connectivity index (χ1v) is 4.50. The van der Waals surface area contributed by atoms with Gasteiger partial charge in [-0.05, 0) is 6.07 Å². The van der Waals surface area contributed by atoms with E-state index in [9.17, 15) is 18.0 Å². The third-order valence-corrected chi connectivity index (χ3v) is 2.90. The van der Waals surface area contributed by atoms with Crippen molar-refractivity contribution in [3.8, 4) is 0 Å². The van der Waals surface area contributed by atoms with Crippen molar-refractivity contribution in [2.75, 3.05) is 7.11 Å². The fraction of sp³-hybridized carbons (Fsp3) is 0.286. The van der Waals surface area contributed by atoms with E-state index in [4.69, 9.17) is 11.6 Å². The van der Waals surface area contributed by atoms with Crippen molar-refractivity contribution < 1.29 is 22.7 Å². The van der Waals surface area contributed by atoms with Crippen LogP contribution in [0.5, 0.6) is 0 Å². The molecule has 0 atom stereocenters. The predicted molar refractivity (Wildman–Crippen MR) is 45.7 cm³/mol. The summed E-state index contributed by atoms with van der Waals surface area (Å²) < 4.78 is 40.9. The van der Waals surface area contributed by atoms with Gasteiger partial charge in [-0.2, -0.15) is 13.2 Å². The standard InChI is InChI=1S/C7H4ClF3O2S/c1-13-6(12)4-2-3(8)5(14-4)7(9,10)11/h2H,1H3. The fourth-order valence-corrected chi connectivity index (χ4v) is 2.00. The largest absolute Gasteiger partial charge is 0.465 e. The molecule has 0 aliphatic rings. The van der Waals surface area contributed by atoms with E-state index in [1.165, 1.54) is 0 Å². The van der Waals surface area contributed by atoms with Gasteiger partial charge < -0.3 is 4.74 Å². The molecule has 0 aliphatic carbocycles. The summed E-state index contributed by atoms with van der Waals surface area (Å²) in [7, 11) is 1.09. The molecule has 2 nitrogen and oxygen atoms in total. The molecule has 0 radical (unpaired) electrons. The zero-order chi connectivity index (χ0) is 10.9. The second-order valence-corrected chi connectivity index (χ2v) is 3.74. The number of ether oxygens (including phenoxy) is 1. The molecule has 0 saturated heterocycles. The average Bonchev–Trinajstić information content (AvgIpc) is 2.45. The molecule has 1 rings (SSSR count). The van der Waals surface area contributed by atoms with Crippen LogP contribution in [0.4, 0.5) is 13.2 Å². The Hall–Kier alpha value is -0.750. The summed E-state index contributed by atoms with van der Waals surface area (Å²) in [4.78, 5) is 9.72. The van der Waals surface area contributed by atoms with Gasteiger partial charge in [-0.25, -0.2) is 4.79 Å². The van der Waals surface area contributed by atoms with Gasteiger partial charge in [-0.1, -0.05) is 11.6 Å². The van der Waals surface area contributed by atoms with Crippen molar-refractivity contribution in [3.05, 3.63) is 20.8 Å². The lowest BCUT2D eigenvalue weighted by Crippen LogP contribution is -2.02. The van der Waals surface area contributed by atoms with Crippen molar-refractivity contribution >= 4 is 28.9 Å². The topological polar surface area (TPSA) is 26.3 Å². The van der Waals surface area contributed by atoms with Crippen LogP contribution in [0.3, 0.4) is 0 Å². The van der Waals surface area contributed by atoms with Gasteiger partial charge in [0.2, 0.25) is 0 Å². The summed E-state index contributed by atoms with van der Waals surface area (Å²) in [6.45, 7) is 0. The Morgan fingerprint density at radius 1 is 1.57 bits per heavy atom. The van der Waals surface area contributed by atoms with E-state index in [1.54, 1.807) is 0 Å². The van der Waals surface area contributed by atoms with Crippen LogP contribution in [0.15, 0.2) is 6.07 Å². The molecule has 0 saturated carbocycles. The smallest absolute Gasteiger partial charge is 0.427 e. The maximum absolute atomic E-state index is 12.2. The first-order valence-electron chi connectivity index (χ1n) is 3.31. The van der Waals surface area contributed by atoms with Crippen LogP contribution < -0.4 is 0 Å². The average molecular weight is 245 g/mol. The minimum atomic E-state index is -4.53. The lowest BCUT2D eigenvalue weighted by molar-refractivity contribution is -0.134. The quantitative estimate of drug-likeness (QED) is 0.709. The predicted octanol–water partition coefficient (Wildman–Crippen LogP) is 3.21. The van der Waals surface area contributed by atoms with Gasteiger partial charge in [0.25, 0.3) is 0 Å². The van der Waals surface area contributed by atoms with E-state index >= 15 is 0 Å². The highest BCUT2D eigenvalue weighted by Crippen LogP contribution is 2.40. The Morgan fingerprint density at radius 2 is 2.14 bits per heavy atom. The number of hydrogen-bond donors (Lipinski definition) is 0. The third-order valence-electron chi connectivity index (χ3n) is 1.33. The summed E-state index contributed by atoms with van der Waals surface area (Å²) >= 11 is 5.58. The second kappa shape index (κ2) is 3.78. The van der Waals surface area contributed by atoms with Crippen LogP contribution in [0.25, 0.3) is 0 Å². The molecule has 1 aromatic rings. The zero-order valence-corrected chi connectivity index (χ0v) is 8.39. The Bertz CT molecular complexity index is 358. The molecule has 0 spiro atoms. The number of hydrogen-bond acceptors (Lipinski definition) is 3. The molecule has 1 heterocycles. The number of methoxy groups -OCH3 is 1. The van der Waals surface area contributed by atoms with Crippen LogP contribution in [-0.2, 0) is 10.9 Å². The number of thiophene rings is 1. The lowest BCUT2D eigenvalue weighted by Gasteiger charge is -2.02. The maximum atomic E-state index is 12.2. The number of carbonyl (C=O) groups is 1. The Kier molecular flexibility index (Phi) is 3.06. The molecule has 14 heavy (non-hydrogen) atoms. The van der Waals surface area contributed by atoms with Crippen LogP contribution in [0.2, 0.25) is 5.02 Å². The Morgan fingerprint density at radius 3 is 2.50 bits per heavy atom. The molecule has 0 N–H and O–H groups in total. The van der Waals surface area contributed by atoms with Crippen LogP contribution in [0, 0.1) is 0 Å². The zero-order valence-electron chi connectivity index (χ0n) is 6.81. The summed E-state index contributed by atoms with van der Waals surface area (Å²) in [6.07, 6.45) is -4.53. The molecular weight excluding hydrogens is 241 g/mol. The summed E-state index contributed by atoms with van der Waals surface area (Å²) in [5.74, 6) is -0.826. The molecule has 0 fully saturated rings. The van der Waals surface area contributed by atoms with Gasteiger partial charge in [-0.15, -0.1) is 11.3 Å². The van der Waals surface area contributed by atoms with Crippen molar-refractivity contribution in [2.45, 2.75) is 6.18 Å². The van der Waals surface area contributed by atoms with Gasteiger partial charge in [0.05, 0.1) is 12.1 Å². The van der Waals surface area contributed by atoms with Gasteiger partial charge in [0.1, 0.15) is 9.75 Å². The molecule has 0 aliphatic heterocycles. The van der Waals surface area contributed by atoms with E-state index in [1.807, 2.05) is 0 Å². The Labute approximate surface area is 86.2 Å². The van der Waals surface area contributed by atoms with E-state index < -0.39 is 22.0 Å². The van der Waals surface area contributed by atoms with Crippen LogP contribution in [-0.4, -0.2) is 13.1 Å². The summed E-state index contributed by atoms with van der Waals surface area (Å²) in [5.41, 5.74) is 0. The molecule has 7 heteroatoms. The van der Waals surface area contributed by atoms with E-state index in [0.29, 0.717) is 0 Å². The monoisotopic (exact) mass is 244 g/mol. The van der Waals surface area contributed by atoms with Gasteiger partial charge in [0.15, 0.2) is 0 Å². The fourth-order valence-electron chi connectivity index (χ4n) is 0.763.